The van der Waals surface area contributed by atoms with Gasteiger partial charge in [0.1, 0.15) is 0 Å². The van der Waals surface area contributed by atoms with Crippen LogP contribution in [0.1, 0.15) is 0 Å². The van der Waals surface area contributed by atoms with E-state index in [-0.39, 0.29) is 5.91 Å². The number of carbonyl (C=O) groups excluding carboxylic acids is 1. The second-order valence-corrected chi connectivity index (χ2v) is 1.98. The molecular weight excluding hydrogens is 118 g/mol. The van der Waals surface area contributed by atoms with Gasteiger partial charge in [-0.05, 0) is 0 Å². The summed E-state index contributed by atoms with van der Waals surface area (Å²) in [5, 5.41) is 0. The van der Waals surface area contributed by atoms with Crippen molar-refractivity contribution >= 4 is 12.1 Å². The Morgan fingerprint density at radius 3 is 3.11 bits per heavy atom. The predicted molar refractivity (Wildman–Crippen MR) is 34.1 cm³/mol. The molecule has 1 amide bonds. The highest BCUT2D eigenvalue weighted by molar-refractivity contribution is 5.76. The highest BCUT2D eigenvalue weighted by Crippen LogP contribution is 1.91. The van der Waals surface area contributed by atoms with Crippen LogP contribution in [0.15, 0.2) is 4.99 Å². The van der Waals surface area contributed by atoms with E-state index in [9.17, 15) is 4.79 Å². The first-order chi connectivity index (χ1) is 4.29. The minimum Gasteiger partial charge on any atom is -0.369 e. The van der Waals surface area contributed by atoms with E-state index in [4.69, 9.17) is 5.73 Å². The van der Waals surface area contributed by atoms with Crippen LogP contribution in [-0.2, 0) is 4.79 Å². The molecule has 1 aliphatic heterocycles. The molecule has 9 heavy (non-hydrogen) atoms. The molecule has 1 rings (SSSR count). The molecule has 0 bridgehead atoms. The molecule has 1 aliphatic rings. The summed E-state index contributed by atoms with van der Waals surface area (Å²) >= 11 is 0. The number of nitrogens with zero attached hydrogens (tertiary/aromatic N) is 2. The second kappa shape index (κ2) is 2.59. The first-order valence-electron chi connectivity index (χ1n) is 2.78. The zero-order valence-corrected chi connectivity index (χ0v) is 5.08. The fourth-order valence-electron chi connectivity index (χ4n) is 0.739. The fraction of sp³-hybridized carbons (Fsp3) is 0.600. The van der Waals surface area contributed by atoms with Crippen molar-refractivity contribution < 1.29 is 4.79 Å². The molecule has 0 aliphatic carbocycles. The van der Waals surface area contributed by atoms with E-state index in [0.29, 0.717) is 13.2 Å². The van der Waals surface area contributed by atoms with Crippen molar-refractivity contribution in [2.75, 3.05) is 19.8 Å². The van der Waals surface area contributed by atoms with Crippen molar-refractivity contribution in [2.24, 2.45) is 10.7 Å². The molecule has 2 N–H and O–H groups in total. The average molecular weight is 127 g/mol. The maximum absolute atomic E-state index is 10.3. The lowest BCUT2D eigenvalue weighted by atomic mass is 10.5. The van der Waals surface area contributed by atoms with Crippen LogP contribution < -0.4 is 5.73 Å². The Labute approximate surface area is 53.3 Å². The van der Waals surface area contributed by atoms with Gasteiger partial charge in [-0.3, -0.25) is 14.7 Å². The molecule has 4 nitrogen and oxygen atoms in total. The van der Waals surface area contributed by atoms with Gasteiger partial charge >= 0.3 is 0 Å². The minimum absolute atomic E-state index is 0.291. The van der Waals surface area contributed by atoms with Gasteiger partial charge in [-0.2, -0.15) is 0 Å². The fourth-order valence-corrected chi connectivity index (χ4v) is 0.739. The van der Waals surface area contributed by atoms with Crippen LogP contribution in [0.5, 0.6) is 0 Å². The smallest absolute Gasteiger partial charge is 0.231 e. The van der Waals surface area contributed by atoms with Gasteiger partial charge in [0.05, 0.1) is 13.2 Å². The summed E-state index contributed by atoms with van der Waals surface area (Å²) in [6.45, 7) is 1.69. The number of nitrogens with two attached hydrogens (primary N) is 1. The molecular formula is C5H9N3O. The van der Waals surface area contributed by atoms with E-state index >= 15 is 0 Å². The minimum atomic E-state index is -0.291. The molecule has 0 saturated carbocycles. The maximum Gasteiger partial charge on any atom is 0.231 e. The molecule has 0 unspecified atom stereocenters. The molecule has 0 radical (unpaired) electrons. The highest BCUT2D eigenvalue weighted by Gasteiger charge is 2.08. The van der Waals surface area contributed by atoms with Crippen LogP contribution in [0.4, 0.5) is 0 Å². The summed E-state index contributed by atoms with van der Waals surface area (Å²) in [6, 6.07) is 0. The van der Waals surface area contributed by atoms with Gasteiger partial charge < -0.3 is 5.73 Å². The number of hydrogen-bond donors (Lipinski definition) is 1. The van der Waals surface area contributed by atoms with Gasteiger partial charge in [0.2, 0.25) is 5.91 Å². The Morgan fingerprint density at radius 1 is 1.89 bits per heavy atom. The van der Waals surface area contributed by atoms with Crippen molar-refractivity contribution in [1.29, 1.82) is 0 Å². The van der Waals surface area contributed by atoms with Crippen LogP contribution in [-0.4, -0.2) is 36.8 Å². The number of amides is 1. The number of carbonyl (C=O) groups is 1. The molecule has 0 saturated heterocycles. The monoisotopic (exact) mass is 127 g/mol. The zero-order chi connectivity index (χ0) is 6.69. The Bertz CT molecular complexity index is 135. The van der Waals surface area contributed by atoms with E-state index in [1.54, 1.807) is 6.21 Å². The van der Waals surface area contributed by atoms with Gasteiger partial charge in [-0.25, -0.2) is 0 Å². The Balaban J connectivity index is 2.22. The maximum atomic E-state index is 10.3. The summed E-state index contributed by atoms with van der Waals surface area (Å²) < 4.78 is 0. The average Bonchev–Trinajstić information content (AvgIpc) is 2.15. The van der Waals surface area contributed by atoms with E-state index < -0.39 is 0 Å². The SMILES string of the molecule is NC(=O)CN1CC=NC1. The van der Waals surface area contributed by atoms with E-state index in [1.807, 2.05) is 4.90 Å². The standard InChI is InChI=1S/C5H9N3O/c6-5(9)3-8-2-1-7-4-8/h1H,2-4H2,(H2,6,9). The third kappa shape index (κ3) is 1.81. The van der Waals surface area contributed by atoms with Crippen LogP contribution in [0.2, 0.25) is 0 Å². The second-order valence-electron chi connectivity index (χ2n) is 1.98. The lowest BCUT2D eigenvalue weighted by Crippen LogP contribution is -2.32. The Hall–Kier alpha value is -0.900. The van der Waals surface area contributed by atoms with Crippen LogP contribution in [0.3, 0.4) is 0 Å². The molecule has 0 aromatic heterocycles. The number of rotatable bonds is 2. The van der Waals surface area contributed by atoms with E-state index in [0.717, 1.165) is 6.54 Å². The number of aliphatic imine (C=N–C) groups is 1. The van der Waals surface area contributed by atoms with Crippen molar-refractivity contribution in [3.63, 3.8) is 0 Å². The van der Waals surface area contributed by atoms with Crippen LogP contribution >= 0.6 is 0 Å². The predicted octanol–water partition coefficient (Wildman–Crippen LogP) is -1.18. The van der Waals surface area contributed by atoms with Gasteiger partial charge in [-0.1, -0.05) is 0 Å². The molecule has 0 aromatic rings. The molecule has 4 heteroatoms. The van der Waals surface area contributed by atoms with Crippen LogP contribution in [0.25, 0.3) is 0 Å². The van der Waals surface area contributed by atoms with Crippen molar-refractivity contribution in [3.05, 3.63) is 0 Å². The molecule has 0 spiro atoms. The number of primary amides is 1. The molecule has 0 atom stereocenters. The van der Waals surface area contributed by atoms with E-state index in [2.05, 4.69) is 4.99 Å². The summed E-state index contributed by atoms with van der Waals surface area (Å²) in [5.74, 6) is -0.291. The van der Waals surface area contributed by atoms with E-state index in [1.165, 1.54) is 0 Å². The summed E-state index contributed by atoms with van der Waals surface area (Å²) in [5.41, 5.74) is 4.94. The number of hydrogen-bond acceptors (Lipinski definition) is 3. The molecule has 50 valence electrons. The van der Waals surface area contributed by atoms with Crippen molar-refractivity contribution in [2.45, 2.75) is 0 Å². The van der Waals surface area contributed by atoms with Gasteiger partial charge in [0, 0.05) is 12.8 Å². The quantitative estimate of drug-likeness (QED) is 0.507. The first kappa shape index (κ1) is 6.22. The normalized spacial score (nSPS) is 18.7. The summed E-state index contributed by atoms with van der Waals surface area (Å²) in [6.07, 6.45) is 1.78. The lowest BCUT2D eigenvalue weighted by molar-refractivity contribution is -0.118. The molecule has 0 aromatic carbocycles. The van der Waals surface area contributed by atoms with Crippen LogP contribution in [0, 0.1) is 0 Å². The largest absolute Gasteiger partial charge is 0.369 e. The third-order valence-electron chi connectivity index (χ3n) is 1.13. The summed E-state index contributed by atoms with van der Waals surface area (Å²) in [7, 11) is 0. The van der Waals surface area contributed by atoms with Gasteiger partial charge in [-0.15, -0.1) is 0 Å². The summed E-state index contributed by atoms with van der Waals surface area (Å²) in [4.78, 5) is 16.1. The molecule has 0 fully saturated rings. The molecule has 1 heterocycles. The van der Waals surface area contributed by atoms with Gasteiger partial charge in [0.25, 0.3) is 0 Å². The Morgan fingerprint density at radius 2 is 2.67 bits per heavy atom. The lowest BCUT2D eigenvalue weighted by Gasteiger charge is -2.08. The Kier molecular flexibility index (Phi) is 1.79. The van der Waals surface area contributed by atoms with Crippen molar-refractivity contribution in [1.82, 2.24) is 4.90 Å². The zero-order valence-electron chi connectivity index (χ0n) is 5.08. The topological polar surface area (TPSA) is 58.7 Å². The first-order valence-corrected chi connectivity index (χ1v) is 2.78. The van der Waals surface area contributed by atoms with Crippen molar-refractivity contribution in [3.8, 4) is 0 Å². The van der Waals surface area contributed by atoms with Gasteiger partial charge in [0.15, 0.2) is 0 Å². The third-order valence-corrected chi connectivity index (χ3v) is 1.13. The highest BCUT2D eigenvalue weighted by atomic mass is 16.1.